The third-order valence-corrected chi connectivity index (χ3v) is 7.53. The van der Waals surface area contributed by atoms with Crippen LogP contribution in [0.5, 0.6) is 5.75 Å². The molecule has 1 amide bonds. The van der Waals surface area contributed by atoms with Crippen molar-refractivity contribution in [3.05, 3.63) is 47.3 Å². The van der Waals surface area contributed by atoms with Gasteiger partial charge >= 0.3 is 0 Å². The van der Waals surface area contributed by atoms with E-state index in [1.165, 1.54) is 24.0 Å². The van der Waals surface area contributed by atoms with Crippen LogP contribution in [0.4, 0.5) is 5.95 Å². The first-order chi connectivity index (χ1) is 15.3. The zero-order chi connectivity index (χ0) is 22.3. The second-order valence-corrected chi connectivity index (χ2v) is 10.3. The minimum Gasteiger partial charge on any atom is -0.487 e. The van der Waals surface area contributed by atoms with Crippen LogP contribution in [0.1, 0.15) is 61.1 Å². The number of nitrogen functional groups attached to an aromatic ring is 1. The maximum atomic E-state index is 12.8. The Bertz CT molecular complexity index is 1000. The Morgan fingerprint density at radius 3 is 2.53 bits per heavy atom. The summed E-state index contributed by atoms with van der Waals surface area (Å²) >= 11 is 0. The molecule has 1 spiro atoms. The van der Waals surface area contributed by atoms with Crippen LogP contribution in [0, 0.1) is 5.41 Å². The monoisotopic (exact) mass is 435 g/mol. The Labute approximate surface area is 190 Å². The summed E-state index contributed by atoms with van der Waals surface area (Å²) in [6.45, 7) is 9.15. The highest BCUT2D eigenvalue weighted by Crippen LogP contribution is 2.42. The van der Waals surface area contributed by atoms with Crippen molar-refractivity contribution >= 4 is 11.9 Å². The molecule has 3 aliphatic heterocycles. The fourth-order valence-electron chi connectivity index (χ4n) is 5.58. The van der Waals surface area contributed by atoms with Gasteiger partial charge < -0.3 is 15.4 Å². The van der Waals surface area contributed by atoms with E-state index in [0.717, 1.165) is 57.7 Å². The Morgan fingerprint density at radius 1 is 1.09 bits per heavy atom. The number of nitrogens with two attached hydrogens (primary N) is 1. The predicted molar refractivity (Wildman–Crippen MR) is 123 cm³/mol. The third-order valence-electron chi connectivity index (χ3n) is 7.53. The lowest BCUT2D eigenvalue weighted by atomic mass is 9.71. The van der Waals surface area contributed by atoms with Gasteiger partial charge in [-0.3, -0.25) is 9.69 Å². The number of benzene rings is 1. The fourth-order valence-corrected chi connectivity index (χ4v) is 5.58. The number of aromatic nitrogens is 2. The largest absolute Gasteiger partial charge is 0.487 e. The second kappa shape index (κ2) is 8.03. The van der Waals surface area contributed by atoms with Gasteiger partial charge in [0.2, 0.25) is 5.95 Å². The fraction of sp³-hybridized carbons (Fsp3) is 0.560. The number of nitrogens with zero attached hydrogens (tertiary/aromatic N) is 4. The van der Waals surface area contributed by atoms with Crippen LogP contribution >= 0.6 is 0 Å². The maximum Gasteiger partial charge on any atom is 0.272 e. The number of amides is 1. The molecule has 2 saturated heterocycles. The molecule has 0 atom stereocenters. The minimum atomic E-state index is -0.104. The number of rotatable bonds is 3. The van der Waals surface area contributed by atoms with Gasteiger partial charge in [0.05, 0.1) is 0 Å². The van der Waals surface area contributed by atoms with Gasteiger partial charge in [0.1, 0.15) is 17.0 Å². The Morgan fingerprint density at radius 2 is 1.81 bits per heavy atom. The van der Waals surface area contributed by atoms with E-state index in [1.54, 1.807) is 12.3 Å². The Hall–Kier alpha value is -2.67. The van der Waals surface area contributed by atoms with Crippen LogP contribution in [-0.4, -0.2) is 57.5 Å². The number of hydrogen-bond acceptors (Lipinski definition) is 6. The number of ether oxygens (including phenoxy) is 1. The summed E-state index contributed by atoms with van der Waals surface area (Å²) in [7, 11) is 0. The SMILES string of the molecule is CC1(C)Cc2c(CN3CCC4(CC3)CCN(C(=O)c3ccnc(N)n3)CC4)cccc2O1. The highest BCUT2D eigenvalue weighted by atomic mass is 16.5. The van der Waals surface area contributed by atoms with Gasteiger partial charge in [-0.15, -0.1) is 0 Å². The number of hydrogen-bond donors (Lipinski definition) is 1. The van der Waals surface area contributed by atoms with Crippen molar-refractivity contribution in [2.75, 3.05) is 31.9 Å². The minimum absolute atomic E-state index is 0.0329. The number of fused-ring (bicyclic) bond motifs is 1. The summed E-state index contributed by atoms with van der Waals surface area (Å²) in [4.78, 5) is 25.3. The van der Waals surface area contributed by atoms with Gasteiger partial charge in [-0.1, -0.05) is 12.1 Å². The van der Waals surface area contributed by atoms with Gasteiger partial charge in [-0.05, 0) is 75.7 Å². The zero-order valence-electron chi connectivity index (χ0n) is 19.1. The quantitative estimate of drug-likeness (QED) is 0.796. The summed E-state index contributed by atoms with van der Waals surface area (Å²) in [5.41, 5.74) is 9.09. The predicted octanol–water partition coefficient (Wildman–Crippen LogP) is 3.29. The lowest BCUT2D eigenvalue weighted by Gasteiger charge is -2.47. The van der Waals surface area contributed by atoms with E-state index < -0.39 is 0 Å². The summed E-state index contributed by atoms with van der Waals surface area (Å²) in [6, 6.07) is 8.13. The lowest BCUT2D eigenvalue weighted by molar-refractivity contribution is 0.0282. The maximum absolute atomic E-state index is 12.8. The summed E-state index contributed by atoms with van der Waals surface area (Å²) < 4.78 is 6.12. The molecule has 0 aliphatic carbocycles. The van der Waals surface area contributed by atoms with Gasteiger partial charge in [0.15, 0.2) is 0 Å². The average molecular weight is 436 g/mol. The molecule has 170 valence electrons. The molecule has 0 saturated carbocycles. The molecule has 32 heavy (non-hydrogen) atoms. The first-order valence-electron chi connectivity index (χ1n) is 11.7. The first kappa shape index (κ1) is 21.2. The van der Waals surface area contributed by atoms with E-state index in [-0.39, 0.29) is 17.5 Å². The van der Waals surface area contributed by atoms with E-state index in [1.807, 2.05) is 4.90 Å². The molecule has 2 N–H and O–H groups in total. The summed E-state index contributed by atoms with van der Waals surface area (Å²) in [5.74, 6) is 1.17. The molecule has 0 bridgehead atoms. The van der Waals surface area contributed by atoms with Crippen molar-refractivity contribution in [1.82, 2.24) is 19.8 Å². The molecule has 1 aromatic heterocycles. The van der Waals surface area contributed by atoms with Crippen LogP contribution in [0.15, 0.2) is 30.5 Å². The smallest absolute Gasteiger partial charge is 0.272 e. The number of carbonyl (C=O) groups is 1. The highest BCUT2D eigenvalue weighted by Gasteiger charge is 2.39. The second-order valence-electron chi connectivity index (χ2n) is 10.3. The van der Waals surface area contributed by atoms with E-state index in [4.69, 9.17) is 10.5 Å². The highest BCUT2D eigenvalue weighted by molar-refractivity contribution is 5.92. The summed E-state index contributed by atoms with van der Waals surface area (Å²) in [6.07, 6.45) is 7.06. The average Bonchev–Trinajstić information content (AvgIpc) is 3.10. The van der Waals surface area contributed by atoms with Gasteiger partial charge in [0, 0.05) is 37.8 Å². The Balaban J connectivity index is 1.16. The molecule has 0 unspecified atom stereocenters. The van der Waals surface area contributed by atoms with Crippen LogP contribution in [0.2, 0.25) is 0 Å². The number of carbonyl (C=O) groups excluding carboxylic acids is 1. The van der Waals surface area contributed by atoms with Crippen molar-refractivity contribution in [3.8, 4) is 5.75 Å². The van der Waals surface area contributed by atoms with Crippen molar-refractivity contribution in [2.24, 2.45) is 5.41 Å². The Kier molecular flexibility index (Phi) is 5.32. The molecular formula is C25H33N5O2. The molecule has 3 aliphatic rings. The van der Waals surface area contributed by atoms with E-state index >= 15 is 0 Å². The molecule has 7 heteroatoms. The topological polar surface area (TPSA) is 84.6 Å². The molecule has 2 aromatic rings. The third kappa shape index (κ3) is 4.18. The molecule has 2 fully saturated rings. The zero-order valence-corrected chi connectivity index (χ0v) is 19.1. The lowest BCUT2D eigenvalue weighted by Crippen LogP contribution is -2.48. The van der Waals surface area contributed by atoms with Gasteiger partial charge in [0.25, 0.3) is 5.91 Å². The van der Waals surface area contributed by atoms with Crippen molar-refractivity contribution < 1.29 is 9.53 Å². The molecule has 1 aromatic carbocycles. The van der Waals surface area contributed by atoms with E-state index in [2.05, 4.69) is 46.9 Å². The van der Waals surface area contributed by atoms with Crippen molar-refractivity contribution in [2.45, 2.75) is 58.1 Å². The molecule has 0 radical (unpaired) electrons. The van der Waals surface area contributed by atoms with Gasteiger partial charge in [-0.25, -0.2) is 9.97 Å². The van der Waals surface area contributed by atoms with Crippen LogP contribution < -0.4 is 10.5 Å². The van der Waals surface area contributed by atoms with Crippen molar-refractivity contribution in [3.63, 3.8) is 0 Å². The van der Waals surface area contributed by atoms with Crippen LogP contribution in [0.25, 0.3) is 0 Å². The number of anilines is 1. The standard InChI is InChI=1S/C25H33N5O2/c1-24(2)16-19-18(4-3-5-21(19)32-24)17-29-12-7-25(8-13-29)9-14-30(15-10-25)22(31)20-6-11-27-23(26)28-20/h3-6,11H,7-10,12-17H2,1-2H3,(H2,26,27,28). The molecule has 5 rings (SSSR count). The normalized spacial score (nSPS) is 21.9. The first-order valence-corrected chi connectivity index (χ1v) is 11.7. The van der Waals surface area contributed by atoms with E-state index in [0.29, 0.717) is 11.1 Å². The van der Waals surface area contributed by atoms with Crippen molar-refractivity contribution in [1.29, 1.82) is 0 Å². The van der Waals surface area contributed by atoms with Crippen LogP contribution in [0.3, 0.4) is 0 Å². The molecular weight excluding hydrogens is 402 g/mol. The van der Waals surface area contributed by atoms with E-state index in [9.17, 15) is 4.79 Å². The number of piperidine rings is 2. The molecule has 4 heterocycles. The molecule has 7 nitrogen and oxygen atoms in total. The summed E-state index contributed by atoms with van der Waals surface area (Å²) in [5, 5.41) is 0. The number of likely N-dealkylation sites (tertiary alicyclic amines) is 2. The van der Waals surface area contributed by atoms with Gasteiger partial charge in [-0.2, -0.15) is 0 Å². The van der Waals surface area contributed by atoms with Crippen LogP contribution in [-0.2, 0) is 13.0 Å².